The van der Waals surface area contributed by atoms with Gasteiger partial charge in [-0.1, -0.05) is 7.43 Å². The largest absolute Gasteiger partial charge is 0.366 e. The Kier molecular flexibility index (Phi) is 15.9. The fourth-order valence-corrected chi connectivity index (χ4v) is 2.27. The second-order valence-corrected chi connectivity index (χ2v) is 6.85. The Morgan fingerprint density at radius 1 is 0.970 bits per heavy atom. The van der Waals surface area contributed by atoms with Gasteiger partial charge in [-0.25, -0.2) is 14.6 Å². The highest BCUT2D eigenvalue weighted by atomic mass is 32.1. The van der Waals surface area contributed by atoms with E-state index in [1.807, 2.05) is 0 Å². The van der Waals surface area contributed by atoms with Crippen LogP contribution >= 0.6 is 24.4 Å². The number of hydrogen-bond acceptors (Lipinski definition) is 8. The van der Waals surface area contributed by atoms with Crippen LogP contribution in [0.4, 0.5) is 0 Å². The number of H-pyrrole nitrogens is 4. The van der Waals surface area contributed by atoms with Gasteiger partial charge in [-0.15, -0.1) is 0 Å². The van der Waals surface area contributed by atoms with E-state index in [1.54, 1.807) is 46.9 Å². The highest BCUT2D eigenvalue weighted by Crippen LogP contribution is 2.00. The summed E-state index contributed by atoms with van der Waals surface area (Å²) in [4.78, 5) is 58.7. The van der Waals surface area contributed by atoms with Crippen LogP contribution in [0.2, 0.25) is 0 Å². The Morgan fingerprint density at radius 3 is 1.79 bits per heavy atom. The summed E-state index contributed by atoms with van der Waals surface area (Å²) in [6.45, 7) is 4.19. The van der Waals surface area contributed by atoms with Gasteiger partial charge in [0.15, 0.2) is 5.11 Å². The van der Waals surface area contributed by atoms with Crippen molar-refractivity contribution in [1.29, 1.82) is 0 Å². The van der Waals surface area contributed by atoms with Gasteiger partial charge in [0.25, 0.3) is 11.1 Å². The fraction of sp³-hybridized carbons (Fsp3) is 0.474. The zero-order chi connectivity index (χ0) is 24.8. The van der Waals surface area contributed by atoms with Gasteiger partial charge in [0.05, 0.1) is 11.7 Å². The molecule has 0 aliphatic rings. The van der Waals surface area contributed by atoms with Crippen molar-refractivity contribution in [2.45, 2.75) is 34.4 Å². The Hall–Kier alpha value is -3.19. The molecule has 0 aliphatic heterocycles. The van der Waals surface area contributed by atoms with E-state index in [4.69, 9.17) is 12.2 Å². The van der Waals surface area contributed by atoms with E-state index < -0.39 is 11.4 Å². The van der Waals surface area contributed by atoms with Crippen molar-refractivity contribution in [3.05, 3.63) is 64.2 Å². The van der Waals surface area contributed by atoms with E-state index in [2.05, 4.69) is 52.9 Å². The van der Waals surface area contributed by atoms with Crippen molar-refractivity contribution < 1.29 is 0 Å². The average molecular weight is 501 g/mol. The predicted molar refractivity (Wildman–Crippen MR) is 138 cm³/mol. The van der Waals surface area contributed by atoms with Crippen LogP contribution in [0.5, 0.6) is 0 Å². The lowest BCUT2D eigenvalue weighted by Gasteiger charge is -2.19. The molecule has 2 aromatic rings. The molecule has 6 N–H and O–H groups in total. The standard InChI is InChI=1S/C9H14N4O2S.C7H11N3O2.C2H3NS.CH4/c1-5-6(4-13(3)9(16)10-2)11-8(15)12-7(5)14;1-4-5(3-8-2)9-7(12)10-6(4)11;1-3-2-4;/h4H2,1-3H3,(H,10,16)(H2,11,12,14,15);8H,3H2,1-2H3,(H2,9,10,11,12);1H3;1H4. The zero-order valence-corrected chi connectivity index (χ0v) is 20.4. The molecule has 2 heterocycles. The first kappa shape index (κ1) is 32.0. The number of rotatable bonds is 4. The van der Waals surface area contributed by atoms with E-state index in [0.717, 1.165) is 0 Å². The summed E-state index contributed by atoms with van der Waals surface area (Å²) >= 11 is 9.16. The van der Waals surface area contributed by atoms with Crippen LogP contribution in [0, 0.1) is 13.8 Å². The van der Waals surface area contributed by atoms with Crippen LogP contribution in [0.25, 0.3) is 0 Å². The van der Waals surface area contributed by atoms with Gasteiger partial charge in [-0.2, -0.15) is 0 Å². The molecule has 33 heavy (non-hydrogen) atoms. The van der Waals surface area contributed by atoms with E-state index in [1.165, 1.54) is 0 Å². The summed E-state index contributed by atoms with van der Waals surface area (Å²) in [5.41, 5.74) is 0.561. The smallest absolute Gasteiger partial charge is 0.325 e. The summed E-state index contributed by atoms with van der Waals surface area (Å²) in [5.74, 6) is 0. The van der Waals surface area contributed by atoms with E-state index >= 15 is 0 Å². The molecule has 2 aromatic heterocycles. The maximum Gasteiger partial charge on any atom is 0.325 e. The van der Waals surface area contributed by atoms with Gasteiger partial charge in [0.2, 0.25) is 0 Å². The van der Waals surface area contributed by atoms with Crippen LogP contribution in [0.1, 0.15) is 29.9 Å². The van der Waals surface area contributed by atoms with Gasteiger partial charge in [-0.3, -0.25) is 19.6 Å². The second-order valence-electron chi connectivity index (χ2n) is 6.28. The summed E-state index contributed by atoms with van der Waals surface area (Å²) in [5, 5.41) is 8.35. The molecule has 0 radical (unpaired) electrons. The second kappa shape index (κ2) is 16.4. The van der Waals surface area contributed by atoms with Crippen molar-refractivity contribution in [2.24, 2.45) is 4.99 Å². The Morgan fingerprint density at radius 2 is 1.39 bits per heavy atom. The summed E-state index contributed by atoms with van der Waals surface area (Å²) in [6, 6.07) is 0. The Balaban J connectivity index is 0. The van der Waals surface area contributed by atoms with Crippen LogP contribution < -0.4 is 33.1 Å². The molecule has 0 amide bonds. The average Bonchev–Trinajstić information content (AvgIpc) is 2.75. The number of thiocarbonyl (C=S) groups is 2. The number of nitrogens with zero attached hydrogens (tertiary/aromatic N) is 2. The third kappa shape index (κ3) is 11.3. The first-order valence-corrected chi connectivity index (χ1v) is 10.0. The van der Waals surface area contributed by atoms with Crippen LogP contribution in [-0.4, -0.2) is 63.3 Å². The van der Waals surface area contributed by atoms with Crippen LogP contribution in [0.3, 0.4) is 0 Å². The quantitative estimate of drug-likeness (QED) is 0.245. The lowest BCUT2D eigenvalue weighted by molar-refractivity contribution is 0.483. The maximum absolute atomic E-state index is 11.3. The van der Waals surface area contributed by atoms with Crippen LogP contribution in [0.15, 0.2) is 24.2 Å². The van der Waals surface area contributed by atoms with Gasteiger partial charge in [0.1, 0.15) is 0 Å². The molecule has 0 atom stereocenters. The molecule has 0 fully saturated rings. The molecule has 0 saturated carbocycles. The van der Waals surface area contributed by atoms with Crippen molar-refractivity contribution in [3.63, 3.8) is 0 Å². The first-order valence-electron chi connectivity index (χ1n) is 9.19. The third-order valence-electron chi connectivity index (χ3n) is 3.97. The van der Waals surface area contributed by atoms with Gasteiger partial charge in [-0.05, 0) is 45.3 Å². The van der Waals surface area contributed by atoms with E-state index in [0.29, 0.717) is 40.7 Å². The number of aromatic nitrogens is 4. The van der Waals surface area contributed by atoms with Crippen molar-refractivity contribution in [2.75, 3.05) is 28.2 Å². The number of hydrogen-bond donors (Lipinski definition) is 6. The van der Waals surface area contributed by atoms with Gasteiger partial charge >= 0.3 is 11.4 Å². The highest BCUT2D eigenvalue weighted by molar-refractivity contribution is 7.80. The lowest BCUT2D eigenvalue weighted by atomic mass is 10.2. The molecule has 14 heteroatoms. The lowest BCUT2D eigenvalue weighted by Crippen LogP contribution is -2.36. The monoisotopic (exact) mass is 500 g/mol. The number of nitrogens with one attached hydrogen (secondary N) is 6. The minimum Gasteiger partial charge on any atom is -0.366 e. The predicted octanol–water partition coefficient (Wildman–Crippen LogP) is -0.246. The Bertz CT molecular complexity index is 1180. The molecule has 184 valence electrons. The minimum atomic E-state index is -0.505. The van der Waals surface area contributed by atoms with Crippen molar-refractivity contribution >= 4 is 34.7 Å². The molecule has 2 rings (SSSR count). The molecular formula is C19H32N8O4S2. The summed E-state index contributed by atoms with van der Waals surface area (Å²) in [7, 11) is 6.83. The van der Waals surface area contributed by atoms with Crippen molar-refractivity contribution in [1.82, 2.24) is 35.5 Å². The maximum atomic E-state index is 11.3. The number of aliphatic imine (C=N–C) groups is 1. The zero-order valence-electron chi connectivity index (χ0n) is 18.8. The minimum absolute atomic E-state index is 0. The fourth-order valence-electron chi connectivity index (χ4n) is 2.20. The SMILES string of the molecule is C.CN=C=S.CNC(=S)N(C)Cc1[nH]c(=O)[nH]c(=O)c1C.CNCc1[nH]c(=O)[nH]c(=O)c1C. The van der Waals surface area contributed by atoms with Gasteiger partial charge < -0.3 is 25.5 Å². The molecular weight excluding hydrogens is 468 g/mol. The normalized spacial score (nSPS) is 9.03. The molecule has 0 saturated heterocycles. The van der Waals surface area contributed by atoms with E-state index in [9.17, 15) is 19.2 Å². The topological polar surface area (TPSA) is 171 Å². The Labute approximate surface area is 202 Å². The molecule has 0 spiro atoms. The van der Waals surface area contributed by atoms with Crippen molar-refractivity contribution in [3.8, 4) is 0 Å². The number of isothiocyanates is 1. The molecule has 0 unspecified atom stereocenters. The van der Waals surface area contributed by atoms with Gasteiger partial charge in [0, 0.05) is 50.2 Å². The summed E-state index contributed by atoms with van der Waals surface area (Å²) < 4.78 is 0. The van der Waals surface area contributed by atoms with Crippen LogP contribution in [-0.2, 0) is 13.1 Å². The highest BCUT2D eigenvalue weighted by Gasteiger charge is 2.09. The molecule has 0 bridgehead atoms. The molecule has 0 aromatic carbocycles. The third-order valence-corrected chi connectivity index (χ3v) is 4.67. The molecule has 12 nitrogen and oxygen atoms in total. The first-order chi connectivity index (χ1) is 15.0. The summed E-state index contributed by atoms with van der Waals surface area (Å²) in [6.07, 6.45) is 0. The number of aromatic amines is 4. The molecule has 0 aliphatic carbocycles. The van der Waals surface area contributed by atoms with E-state index in [-0.39, 0.29) is 18.5 Å².